The van der Waals surface area contributed by atoms with E-state index in [9.17, 15) is 0 Å². The number of rotatable bonds is 11. The summed E-state index contributed by atoms with van der Waals surface area (Å²) >= 11 is 0. The second kappa shape index (κ2) is 12.0. The van der Waals surface area contributed by atoms with E-state index in [0.29, 0.717) is 0 Å². The SMILES string of the molecule is C=C(C)C[P+](CC[P+](CC(=C)C)(c1ccccc1)c1ccccc1)(c1ccccc1)c1ccccc1. The fourth-order valence-corrected chi connectivity index (χ4v) is 15.7. The van der Waals surface area contributed by atoms with Gasteiger partial charge in [-0.25, -0.2) is 0 Å². The molecule has 0 fully saturated rings. The van der Waals surface area contributed by atoms with Crippen molar-refractivity contribution in [3.05, 3.63) is 146 Å². The Kier molecular flexibility index (Phi) is 8.74. The van der Waals surface area contributed by atoms with E-state index < -0.39 is 14.5 Å². The van der Waals surface area contributed by atoms with Gasteiger partial charge in [0.05, 0.1) is 48.1 Å². The summed E-state index contributed by atoms with van der Waals surface area (Å²) in [6.07, 6.45) is 4.38. The molecule has 0 aliphatic heterocycles. The maximum Gasteiger partial charge on any atom is 0.103 e. The third-order valence-electron chi connectivity index (χ3n) is 6.94. The second-order valence-electron chi connectivity index (χ2n) is 9.96. The molecule has 0 N–H and O–H groups in total. The summed E-state index contributed by atoms with van der Waals surface area (Å²) in [6, 6.07) is 45.0. The van der Waals surface area contributed by atoms with Crippen LogP contribution >= 0.6 is 14.5 Å². The molecule has 4 aromatic carbocycles. The van der Waals surface area contributed by atoms with Crippen molar-refractivity contribution in [3.63, 3.8) is 0 Å². The fraction of sp³-hybridized carbons (Fsp3) is 0.176. The van der Waals surface area contributed by atoms with E-state index in [0.717, 1.165) is 24.6 Å². The lowest BCUT2D eigenvalue weighted by molar-refractivity contribution is 1.34. The minimum Gasteiger partial charge on any atom is -0.0965 e. The minimum absolute atomic E-state index is 1.04. The van der Waals surface area contributed by atoms with E-state index in [1.165, 1.54) is 32.4 Å². The van der Waals surface area contributed by atoms with Gasteiger partial charge in [0.15, 0.2) is 0 Å². The van der Waals surface area contributed by atoms with E-state index in [1.807, 2.05) is 0 Å². The highest BCUT2D eigenvalue weighted by Crippen LogP contribution is 2.64. The fourth-order valence-electron chi connectivity index (χ4n) is 5.45. The van der Waals surface area contributed by atoms with Crippen LogP contribution in [0.2, 0.25) is 0 Å². The molecular formula is C34H38P2+2. The number of hydrogen-bond donors (Lipinski definition) is 0. The van der Waals surface area contributed by atoms with Crippen molar-refractivity contribution in [2.75, 3.05) is 24.6 Å². The van der Waals surface area contributed by atoms with Gasteiger partial charge in [0.25, 0.3) is 0 Å². The molecule has 2 heteroatoms. The van der Waals surface area contributed by atoms with Crippen LogP contribution in [0, 0.1) is 0 Å². The van der Waals surface area contributed by atoms with E-state index >= 15 is 0 Å². The Morgan fingerprint density at radius 2 is 0.667 bits per heavy atom. The smallest absolute Gasteiger partial charge is 0.0965 e. The van der Waals surface area contributed by atoms with Crippen molar-refractivity contribution in [2.45, 2.75) is 13.8 Å². The van der Waals surface area contributed by atoms with Crippen molar-refractivity contribution in [2.24, 2.45) is 0 Å². The molecule has 0 saturated heterocycles. The van der Waals surface area contributed by atoms with Crippen LogP contribution in [0.5, 0.6) is 0 Å². The average molecular weight is 509 g/mol. The zero-order valence-electron chi connectivity index (χ0n) is 21.7. The highest BCUT2D eigenvalue weighted by molar-refractivity contribution is 7.93. The van der Waals surface area contributed by atoms with Crippen molar-refractivity contribution in [1.29, 1.82) is 0 Å². The van der Waals surface area contributed by atoms with Crippen molar-refractivity contribution in [1.82, 2.24) is 0 Å². The van der Waals surface area contributed by atoms with Crippen LogP contribution in [0.4, 0.5) is 0 Å². The van der Waals surface area contributed by atoms with Gasteiger partial charge >= 0.3 is 0 Å². The van der Waals surface area contributed by atoms with Gasteiger partial charge in [0, 0.05) is 0 Å². The van der Waals surface area contributed by atoms with Crippen molar-refractivity contribution >= 4 is 35.7 Å². The number of allylic oxidation sites excluding steroid dienone is 2. The first-order valence-corrected chi connectivity index (χ1v) is 17.0. The molecule has 0 radical (unpaired) electrons. The Morgan fingerprint density at radius 3 is 0.861 bits per heavy atom. The van der Waals surface area contributed by atoms with Gasteiger partial charge in [0.1, 0.15) is 12.3 Å². The van der Waals surface area contributed by atoms with Gasteiger partial charge in [-0.15, -0.1) is 0 Å². The first kappa shape index (κ1) is 26.3. The summed E-state index contributed by atoms with van der Waals surface area (Å²) in [5.41, 5.74) is 2.53. The van der Waals surface area contributed by atoms with Crippen molar-refractivity contribution in [3.8, 4) is 0 Å². The van der Waals surface area contributed by atoms with Crippen LogP contribution in [-0.4, -0.2) is 24.6 Å². The van der Waals surface area contributed by atoms with Crippen molar-refractivity contribution < 1.29 is 0 Å². The molecule has 0 aromatic heterocycles. The quantitative estimate of drug-likeness (QED) is 0.146. The molecule has 182 valence electrons. The molecule has 0 amide bonds. The molecule has 36 heavy (non-hydrogen) atoms. The third-order valence-corrected chi connectivity index (χ3v) is 16.6. The molecule has 4 rings (SSSR count). The number of benzene rings is 4. The maximum absolute atomic E-state index is 4.42. The first-order chi connectivity index (χ1) is 17.5. The van der Waals surface area contributed by atoms with Gasteiger partial charge in [-0.1, -0.05) is 86.0 Å². The molecular weight excluding hydrogens is 470 g/mol. The summed E-state index contributed by atoms with van der Waals surface area (Å²) in [5, 5.41) is 5.92. The van der Waals surface area contributed by atoms with Gasteiger partial charge in [0.2, 0.25) is 0 Å². The molecule has 4 aromatic rings. The Morgan fingerprint density at radius 1 is 0.444 bits per heavy atom. The zero-order valence-corrected chi connectivity index (χ0v) is 23.5. The molecule has 0 saturated carbocycles. The monoisotopic (exact) mass is 508 g/mol. The molecule has 0 spiro atoms. The lowest BCUT2D eigenvalue weighted by atomic mass is 10.4. The molecule has 0 heterocycles. The Labute approximate surface area is 219 Å². The van der Waals surface area contributed by atoms with Gasteiger partial charge in [-0.05, 0) is 73.5 Å². The predicted octanol–water partition coefficient (Wildman–Crippen LogP) is 7.48. The minimum atomic E-state index is -1.74. The molecule has 0 atom stereocenters. The Balaban J connectivity index is 1.91. The predicted molar refractivity (Wildman–Crippen MR) is 167 cm³/mol. The molecule has 0 aliphatic rings. The molecule has 0 bridgehead atoms. The summed E-state index contributed by atoms with van der Waals surface area (Å²) in [7, 11) is -3.48. The number of hydrogen-bond acceptors (Lipinski definition) is 0. The van der Waals surface area contributed by atoms with Crippen LogP contribution in [0.15, 0.2) is 146 Å². The van der Waals surface area contributed by atoms with Gasteiger partial charge < -0.3 is 0 Å². The Hall–Kier alpha value is -2.78. The van der Waals surface area contributed by atoms with E-state index in [2.05, 4.69) is 148 Å². The molecule has 0 unspecified atom stereocenters. The topological polar surface area (TPSA) is 0 Å². The summed E-state index contributed by atoms with van der Waals surface area (Å²) in [6.45, 7) is 13.2. The van der Waals surface area contributed by atoms with E-state index in [-0.39, 0.29) is 0 Å². The van der Waals surface area contributed by atoms with E-state index in [4.69, 9.17) is 0 Å². The van der Waals surface area contributed by atoms with Crippen LogP contribution in [0.1, 0.15) is 13.8 Å². The largest absolute Gasteiger partial charge is 0.103 e. The van der Waals surface area contributed by atoms with Crippen LogP contribution in [0.3, 0.4) is 0 Å². The lowest BCUT2D eigenvalue weighted by Crippen LogP contribution is -2.34. The van der Waals surface area contributed by atoms with Crippen LogP contribution in [0.25, 0.3) is 0 Å². The summed E-state index contributed by atoms with van der Waals surface area (Å²) in [5.74, 6) is 0. The first-order valence-electron chi connectivity index (χ1n) is 12.7. The van der Waals surface area contributed by atoms with Crippen LogP contribution in [-0.2, 0) is 0 Å². The Bertz CT molecular complexity index is 1080. The zero-order chi connectivity index (χ0) is 25.4. The third kappa shape index (κ3) is 5.78. The maximum atomic E-state index is 4.42. The second-order valence-corrected chi connectivity index (χ2v) is 17.4. The normalized spacial score (nSPS) is 11.7. The highest BCUT2D eigenvalue weighted by atomic mass is 31.2. The van der Waals surface area contributed by atoms with Gasteiger partial charge in [-0.2, -0.15) is 0 Å². The van der Waals surface area contributed by atoms with E-state index in [1.54, 1.807) is 0 Å². The lowest BCUT2D eigenvalue weighted by Gasteiger charge is -2.32. The molecule has 0 aliphatic carbocycles. The summed E-state index contributed by atoms with van der Waals surface area (Å²) in [4.78, 5) is 0. The van der Waals surface area contributed by atoms with Gasteiger partial charge in [-0.3, -0.25) is 0 Å². The van der Waals surface area contributed by atoms with Crippen LogP contribution < -0.4 is 21.2 Å². The molecule has 0 nitrogen and oxygen atoms in total. The average Bonchev–Trinajstić information content (AvgIpc) is 2.92. The standard InChI is InChI=1S/C34H38P2/c1-29(2)27-35(31-17-9-5-10-18-31,32-19-11-6-12-20-32)25-26-36(28-30(3)4,33-21-13-7-14-22-33)34-23-15-8-16-24-34/h5-24H,1,3,25-28H2,2,4H3/q+2. The highest BCUT2D eigenvalue weighted by Gasteiger charge is 2.50. The summed E-state index contributed by atoms with van der Waals surface area (Å²) < 4.78 is 0.